The topological polar surface area (TPSA) is 56.2 Å². The van der Waals surface area contributed by atoms with Crippen molar-refractivity contribution in [2.75, 3.05) is 6.61 Å². The van der Waals surface area contributed by atoms with Gasteiger partial charge in [0, 0.05) is 30.4 Å². The fourth-order valence-electron chi connectivity index (χ4n) is 2.76. The minimum atomic E-state index is -0.154. The molecule has 6 heteroatoms. The van der Waals surface area contributed by atoms with Crippen LogP contribution in [0.25, 0.3) is 5.13 Å². The molecule has 5 nitrogen and oxygen atoms in total. The van der Waals surface area contributed by atoms with E-state index in [2.05, 4.69) is 24.1 Å². The SMILES string of the molecule is CC1(C)C[C@@H](NC(=O)Cc2csc(-n3cccc3)n2)CCO1. The van der Waals surface area contributed by atoms with Gasteiger partial charge in [-0.1, -0.05) is 0 Å². The molecule has 118 valence electrons. The molecule has 3 rings (SSSR count). The summed E-state index contributed by atoms with van der Waals surface area (Å²) in [6.07, 6.45) is 5.96. The quantitative estimate of drug-likeness (QED) is 0.942. The lowest BCUT2D eigenvalue weighted by Crippen LogP contribution is -2.46. The van der Waals surface area contributed by atoms with Crippen LogP contribution in [0.2, 0.25) is 0 Å². The number of nitrogens with zero attached hydrogens (tertiary/aromatic N) is 2. The zero-order chi connectivity index (χ0) is 15.6. The number of thiazole rings is 1. The number of aromatic nitrogens is 2. The summed E-state index contributed by atoms with van der Waals surface area (Å²) in [5.74, 6) is 0.0343. The molecule has 1 amide bonds. The van der Waals surface area contributed by atoms with Crippen molar-refractivity contribution >= 4 is 17.2 Å². The van der Waals surface area contributed by atoms with Gasteiger partial charge in [0.05, 0.1) is 17.7 Å². The molecule has 0 saturated carbocycles. The highest BCUT2D eigenvalue weighted by Gasteiger charge is 2.29. The van der Waals surface area contributed by atoms with E-state index in [0.717, 1.165) is 23.7 Å². The van der Waals surface area contributed by atoms with Crippen LogP contribution in [-0.2, 0) is 16.0 Å². The van der Waals surface area contributed by atoms with Gasteiger partial charge in [0.25, 0.3) is 0 Å². The lowest BCUT2D eigenvalue weighted by Gasteiger charge is -2.35. The number of ether oxygens (including phenoxy) is 1. The molecule has 1 N–H and O–H groups in total. The standard InChI is InChI=1S/C16H21N3O2S/c1-16(2)10-12(5-8-21-16)17-14(20)9-13-11-22-15(18-13)19-6-3-4-7-19/h3-4,6-7,11-12H,5,8-10H2,1-2H3,(H,17,20)/t12-/m0/s1. The van der Waals surface area contributed by atoms with E-state index in [4.69, 9.17) is 4.74 Å². The summed E-state index contributed by atoms with van der Waals surface area (Å²) in [6.45, 7) is 4.83. The third kappa shape index (κ3) is 3.75. The summed E-state index contributed by atoms with van der Waals surface area (Å²) < 4.78 is 7.63. The van der Waals surface area contributed by atoms with E-state index >= 15 is 0 Å². The Labute approximate surface area is 134 Å². The first-order valence-corrected chi connectivity index (χ1v) is 8.41. The summed E-state index contributed by atoms with van der Waals surface area (Å²) in [6, 6.07) is 4.11. The van der Waals surface area contributed by atoms with Crippen LogP contribution in [0.15, 0.2) is 29.9 Å². The fraction of sp³-hybridized carbons (Fsp3) is 0.500. The van der Waals surface area contributed by atoms with Crippen molar-refractivity contribution in [3.63, 3.8) is 0 Å². The predicted octanol–water partition coefficient (Wildman–Crippen LogP) is 2.55. The van der Waals surface area contributed by atoms with Crippen molar-refractivity contribution in [3.8, 4) is 5.13 Å². The number of carbonyl (C=O) groups is 1. The second kappa shape index (κ2) is 6.22. The van der Waals surface area contributed by atoms with Crippen molar-refractivity contribution in [2.45, 2.75) is 44.8 Å². The molecule has 0 spiro atoms. The van der Waals surface area contributed by atoms with Crippen LogP contribution in [0.5, 0.6) is 0 Å². The minimum Gasteiger partial charge on any atom is -0.375 e. The van der Waals surface area contributed by atoms with E-state index in [-0.39, 0.29) is 17.6 Å². The summed E-state index contributed by atoms with van der Waals surface area (Å²) in [5, 5.41) is 5.94. The van der Waals surface area contributed by atoms with Crippen molar-refractivity contribution < 1.29 is 9.53 Å². The van der Waals surface area contributed by atoms with Gasteiger partial charge in [-0.25, -0.2) is 4.98 Å². The van der Waals surface area contributed by atoms with Crippen molar-refractivity contribution in [2.24, 2.45) is 0 Å². The smallest absolute Gasteiger partial charge is 0.226 e. The third-order valence-corrected chi connectivity index (χ3v) is 4.67. The largest absolute Gasteiger partial charge is 0.375 e. The number of hydrogen-bond donors (Lipinski definition) is 1. The maximum atomic E-state index is 12.2. The number of amides is 1. The molecule has 22 heavy (non-hydrogen) atoms. The van der Waals surface area contributed by atoms with E-state index in [1.807, 2.05) is 34.5 Å². The van der Waals surface area contributed by atoms with Gasteiger partial charge in [-0.15, -0.1) is 11.3 Å². The third-order valence-electron chi connectivity index (χ3n) is 3.77. The Morgan fingerprint density at radius 3 is 3.00 bits per heavy atom. The Morgan fingerprint density at radius 1 is 1.50 bits per heavy atom. The monoisotopic (exact) mass is 319 g/mol. The van der Waals surface area contributed by atoms with Crippen LogP contribution < -0.4 is 5.32 Å². The first kappa shape index (κ1) is 15.2. The van der Waals surface area contributed by atoms with Crippen molar-refractivity contribution in [3.05, 3.63) is 35.6 Å². The molecule has 1 saturated heterocycles. The Morgan fingerprint density at radius 2 is 2.27 bits per heavy atom. The van der Waals surface area contributed by atoms with E-state index < -0.39 is 0 Å². The predicted molar refractivity (Wildman–Crippen MR) is 86.3 cm³/mol. The molecule has 0 radical (unpaired) electrons. The minimum absolute atomic E-state index is 0.0343. The lowest BCUT2D eigenvalue weighted by molar-refractivity contribution is -0.123. The molecule has 0 unspecified atom stereocenters. The fourth-order valence-corrected chi connectivity index (χ4v) is 3.55. The average Bonchev–Trinajstić information content (AvgIpc) is 3.07. The van der Waals surface area contributed by atoms with Gasteiger partial charge >= 0.3 is 0 Å². The maximum Gasteiger partial charge on any atom is 0.226 e. The molecule has 0 bridgehead atoms. The molecule has 1 aliphatic heterocycles. The lowest BCUT2D eigenvalue weighted by atomic mass is 9.94. The number of nitrogens with one attached hydrogen (secondary N) is 1. The van der Waals surface area contributed by atoms with Gasteiger partial charge in [-0.05, 0) is 38.8 Å². The highest BCUT2D eigenvalue weighted by atomic mass is 32.1. The second-order valence-electron chi connectivity index (χ2n) is 6.25. The second-order valence-corrected chi connectivity index (χ2v) is 7.09. The number of rotatable bonds is 4. The molecule has 2 aromatic rings. The van der Waals surface area contributed by atoms with Crippen LogP contribution in [-0.4, -0.2) is 33.7 Å². The Kier molecular flexibility index (Phi) is 4.31. The Bertz CT molecular complexity index is 634. The normalized spacial score (nSPS) is 20.7. The molecular weight excluding hydrogens is 298 g/mol. The zero-order valence-corrected chi connectivity index (χ0v) is 13.7. The summed E-state index contributed by atoms with van der Waals surface area (Å²) in [5.41, 5.74) is 0.663. The molecule has 3 heterocycles. The van der Waals surface area contributed by atoms with E-state index in [0.29, 0.717) is 13.0 Å². The first-order chi connectivity index (χ1) is 10.5. The molecule has 0 aromatic carbocycles. The van der Waals surface area contributed by atoms with Gasteiger partial charge in [0.1, 0.15) is 0 Å². The molecule has 1 aliphatic rings. The van der Waals surface area contributed by atoms with Gasteiger partial charge in [0.2, 0.25) is 5.91 Å². The number of carbonyl (C=O) groups excluding carboxylic acids is 1. The van der Waals surface area contributed by atoms with Crippen LogP contribution in [0.1, 0.15) is 32.4 Å². The molecule has 2 aromatic heterocycles. The van der Waals surface area contributed by atoms with E-state index in [9.17, 15) is 4.79 Å². The van der Waals surface area contributed by atoms with Crippen LogP contribution in [0.3, 0.4) is 0 Å². The molecule has 0 aliphatic carbocycles. The molecule has 1 atom stereocenters. The van der Waals surface area contributed by atoms with Crippen LogP contribution >= 0.6 is 11.3 Å². The van der Waals surface area contributed by atoms with Gasteiger partial charge < -0.3 is 14.6 Å². The van der Waals surface area contributed by atoms with E-state index in [1.165, 1.54) is 0 Å². The Hall–Kier alpha value is -1.66. The van der Waals surface area contributed by atoms with Gasteiger partial charge in [-0.2, -0.15) is 0 Å². The van der Waals surface area contributed by atoms with Crippen LogP contribution in [0.4, 0.5) is 0 Å². The van der Waals surface area contributed by atoms with Crippen molar-refractivity contribution in [1.82, 2.24) is 14.9 Å². The van der Waals surface area contributed by atoms with E-state index in [1.54, 1.807) is 11.3 Å². The average molecular weight is 319 g/mol. The number of hydrogen-bond acceptors (Lipinski definition) is 4. The molecule has 1 fully saturated rings. The summed E-state index contributed by atoms with van der Waals surface area (Å²) in [7, 11) is 0. The maximum absolute atomic E-state index is 12.2. The highest BCUT2D eigenvalue weighted by Crippen LogP contribution is 2.24. The highest BCUT2D eigenvalue weighted by molar-refractivity contribution is 7.12. The first-order valence-electron chi connectivity index (χ1n) is 7.53. The Balaban J connectivity index is 1.56. The summed E-state index contributed by atoms with van der Waals surface area (Å²) >= 11 is 1.55. The van der Waals surface area contributed by atoms with Gasteiger partial charge in [0.15, 0.2) is 5.13 Å². The zero-order valence-electron chi connectivity index (χ0n) is 12.9. The molecular formula is C16H21N3O2S. The summed E-state index contributed by atoms with van der Waals surface area (Å²) in [4.78, 5) is 16.7. The van der Waals surface area contributed by atoms with Crippen LogP contribution in [0, 0.1) is 0 Å². The van der Waals surface area contributed by atoms with Gasteiger partial charge in [-0.3, -0.25) is 4.79 Å². The van der Waals surface area contributed by atoms with Crippen molar-refractivity contribution in [1.29, 1.82) is 0 Å².